The van der Waals surface area contributed by atoms with E-state index in [9.17, 15) is 0 Å². The molecule has 0 aliphatic carbocycles. The van der Waals surface area contributed by atoms with Gasteiger partial charge in [0.15, 0.2) is 0 Å². The van der Waals surface area contributed by atoms with E-state index in [2.05, 4.69) is 93.9 Å². The van der Waals surface area contributed by atoms with Gasteiger partial charge in [-0.3, -0.25) is 0 Å². The summed E-state index contributed by atoms with van der Waals surface area (Å²) in [5.41, 5.74) is 2.74. The second kappa shape index (κ2) is 8.26. The first-order valence-electron chi connectivity index (χ1n) is 8.00. The largest absolute Gasteiger partial charge is 2.00 e. The average Bonchev–Trinajstić information content (AvgIpc) is 3.18. The van der Waals surface area contributed by atoms with Crippen molar-refractivity contribution in [1.82, 2.24) is 0 Å². The Balaban J connectivity index is 0.000000167. The van der Waals surface area contributed by atoms with E-state index in [4.69, 9.17) is 0 Å². The normalized spacial score (nSPS) is 10.5. The van der Waals surface area contributed by atoms with Crippen molar-refractivity contribution in [2.75, 3.05) is 13.3 Å². The summed E-state index contributed by atoms with van der Waals surface area (Å²) in [5, 5.41) is 7.05. The van der Waals surface area contributed by atoms with Crippen LogP contribution in [0.2, 0.25) is 0 Å². The summed E-state index contributed by atoms with van der Waals surface area (Å²) < 4.78 is 0. The van der Waals surface area contributed by atoms with Gasteiger partial charge in [0.05, 0.1) is 0 Å². The van der Waals surface area contributed by atoms with E-state index in [1.807, 2.05) is 0 Å². The second-order valence-corrected chi connectivity index (χ2v) is 8.59. The maximum Gasteiger partial charge on any atom is 2.00 e. The Morgan fingerprint density at radius 2 is 1.58 bits per heavy atom. The van der Waals surface area contributed by atoms with Gasteiger partial charge in [0.25, 0.3) is 0 Å². The van der Waals surface area contributed by atoms with Crippen molar-refractivity contribution in [3.63, 3.8) is 0 Å². The quantitative estimate of drug-likeness (QED) is 0.217. The number of hydrogen-bond donors (Lipinski definition) is 0. The minimum Gasteiger partial charge on any atom is -0.168 e. The Kier molecular flexibility index (Phi) is 6.58. The molecular weight excluding hydrogens is 343 g/mol. The van der Waals surface area contributed by atoms with Crippen LogP contribution in [0.3, 0.4) is 0 Å². The summed E-state index contributed by atoms with van der Waals surface area (Å²) in [6.07, 6.45) is 0. The minimum atomic E-state index is 0. The van der Waals surface area contributed by atoms with E-state index in [-0.39, 0.29) is 29.6 Å². The summed E-state index contributed by atoms with van der Waals surface area (Å²) >= 11 is 0. The first-order valence-corrected chi connectivity index (χ1v) is 10.2. The Morgan fingerprint density at radius 3 is 2.25 bits per heavy atom. The third-order valence-electron chi connectivity index (χ3n) is 4.37. The molecule has 0 atom stereocenters. The van der Waals surface area contributed by atoms with E-state index in [1.54, 1.807) is 0 Å². The van der Waals surface area contributed by atoms with Crippen molar-refractivity contribution in [3.8, 4) is 0 Å². The number of aryl methyl sites for hydroxylation is 2. The van der Waals surface area contributed by atoms with Crippen LogP contribution in [-0.2, 0) is 21.7 Å². The zero-order valence-electron chi connectivity index (χ0n) is 14.8. The molecule has 4 rings (SSSR count). The molecule has 0 nitrogen and oxygen atoms in total. The van der Waals surface area contributed by atoms with Crippen molar-refractivity contribution < 1.29 is 21.7 Å². The van der Waals surface area contributed by atoms with Gasteiger partial charge in [-0.2, -0.15) is 18.2 Å². The smallest absolute Gasteiger partial charge is 0.168 e. The van der Waals surface area contributed by atoms with Crippen LogP contribution < -0.4 is 5.30 Å². The van der Waals surface area contributed by atoms with Gasteiger partial charge < -0.3 is 0 Å². The number of hydrogen-bond acceptors (Lipinski definition) is 0. The maximum absolute atomic E-state index is 2.31. The first-order chi connectivity index (χ1) is 11.1. The third kappa shape index (κ3) is 4.06. The fourth-order valence-electron chi connectivity index (χ4n) is 2.93. The van der Waals surface area contributed by atoms with Gasteiger partial charge in [-0.25, -0.2) is 0 Å². The number of rotatable bonds is 1. The summed E-state index contributed by atoms with van der Waals surface area (Å²) in [5.74, 6) is 0. The molecule has 0 heterocycles. The van der Waals surface area contributed by atoms with Gasteiger partial charge in [0.1, 0.15) is 0 Å². The molecule has 0 saturated carbocycles. The van der Waals surface area contributed by atoms with Crippen LogP contribution in [0.1, 0.15) is 11.1 Å². The summed E-state index contributed by atoms with van der Waals surface area (Å²) in [6, 6.07) is 24.0. The number of fused-ring (bicyclic) bond motifs is 2. The Hall–Kier alpha value is -1.20. The van der Waals surface area contributed by atoms with Crippen LogP contribution in [-0.4, -0.2) is 13.3 Å². The molecule has 0 amide bonds. The van der Waals surface area contributed by atoms with E-state index in [0.717, 1.165) is 0 Å². The second-order valence-electron chi connectivity index (χ2n) is 6.29. The van der Waals surface area contributed by atoms with E-state index < -0.39 is 0 Å². The van der Waals surface area contributed by atoms with Crippen LogP contribution in [0.4, 0.5) is 0 Å². The number of benzene rings is 2. The van der Waals surface area contributed by atoms with Gasteiger partial charge in [0.2, 0.25) is 0 Å². The van der Waals surface area contributed by atoms with E-state index >= 15 is 0 Å². The standard InChI is InChI=1S/C11H12P.C11H11.Ti/c1-12(2)11-7-9-5-3-4-6-10(9)8-11;1-8-6-7-9(2)11-5-3-4-10(8)11;/h3-8H,1-2H3;3-7H,1-2H3;/q2*-1;+2. The van der Waals surface area contributed by atoms with Crippen molar-refractivity contribution in [2.24, 2.45) is 0 Å². The van der Waals surface area contributed by atoms with Crippen LogP contribution in [0, 0.1) is 13.8 Å². The van der Waals surface area contributed by atoms with Crippen molar-refractivity contribution in [2.45, 2.75) is 13.8 Å². The minimum absolute atomic E-state index is 0. The molecule has 4 aromatic rings. The third-order valence-corrected chi connectivity index (χ3v) is 5.66. The van der Waals surface area contributed by atoms with Crippen molar-refractivity contribution in [1.29, 1.82) is 0 Å². The van der Waals surface area contributed by atoms with E-state index in [0.29, 0.717) is 0 Å². The molecule has 0 bridgehead atoms. The van der Waals surface area contributed by atoms with Crippen LogP contribution >= 0.6 is 7.92 Å². The molecule has 0 fully saturated rings. The molecule has 4 aromatic carbocycles. The summed E-state index contributed by atoms with van der Waals surface area (Å²) in [6.45, 7) is 8.90. The monoisotopic (exact) mass is 366 g/mol. The first kappa shape index (κ1) is 19.1. The summed E-state index contributed by atoms with van der Waals surface area (Å²) in [7, 11) is 0.0576. The average molecular weight is 366 g/mol. The molecule has 0 radical (unpaired) electrons. The Labute approximate surface area is 161 Å². The molecule has 0 spiro atoms. The zero-order chi connectivity index (χ0) is 16.4. The zero-order valence-corrected chi connectivity index (χ0v) is 17.3. The molecular formula is C22H23PTi. The fourth-order valence-corrected chi connectivity index (χ4v) is 3.72. The molecule has 0 saturated heterocycles. The molecule has 0 aliphatic heterocycles. The van der Waals surface area contributed by atoms with Gasteiger partial charge in [-0.15, -0.1) is 76.7 Å². The SMILES string of the molecule is CP(C)c1cc2ccccc2[cH-]1.Cc1ccc(C)c2[cH-]ccc12.[Ti+2]. The van der Waals surface area contributed by atoms with E-state index in [1.165, 1.54) is 38.0 Å². The van der Waals surface area contributed by atoms with Gasteiger partial charge >= 0.3 is 21.7 Å². The molecule has 120 valence electrons. The molecule has 0 aliphatic rings. The Bertz CT molecular complexity index is 858. The van der Waals surface area contributed by atoms with Crippen LogP contribution in [0.5, 0.6) is 0 Å². The topological polar surface area (TPSA) is 0 Å². The van der Waals surface area contributed by atoms with Crippen molar-refractivity contribution in [3.05, 3.63) is 77.9 Å². The fraction of sp³-hybridized carbons (Fsp3) is 0.182. The maximum atomic E-state index is 2.31. The van der Waals surface area contributed by atoms with Crippen LogP contribution in [0.15, 0.2) is 66.7 Å². The molecule has 0 N–H and O–H groups in total. The van der Waals surface area contributed by atoms with Crippen LogP contribution in [0.25, 0.3) is 21.5 Å². The Morgan fingerprint density at radius 1 is 0.875 bits per heavy atom. The molecule has 0 unspecified atom stereocenters. The van der Waals surface area contributed by atoms with Gasteiger partial charge in [0, 0.05) is 0 Å². The molecule has 0 aromatic heterocycles. The predicted molar refractivity (Wildman–Crippen MR) is 107 cm³/mol. The van der Waals surface area contributed by atoms with Gasteiger partial charge in [-0.05, 0) is 20.3 Å². The van der Waals surface area contributed by atoms with Crippen molar-refractivity contribution >= 4 is 34.8 Å². The predicted octanol–water partition coefficient (Wildman–Crippen LogP) is 6.10. The summed E-state index contributed by atoms with van der Waals surface area (Å²) in [4.78, 5) is 0. The molecule has 2 heteroatoms. The van der Waals surface area contributed by atoms with Gasteiger partial charge in [-0.1, -0.05) is 24.6 Å². The molecule has 24 heavy (non-hydrogen) atoms.